The van der Waals surface area contributed by atoms with Crippen molar-refractivity contribution in [1.82, 2.24) is 15.6 Å². The van der Waals surface area contributed by atoms with Crippen molar-refractivity contribution >= 4 is 22.7 Å². The molecular formula is C19H22F3N3O4. The van der Waals surface area contributed by atoms with E-state index in [9.17, 15) is 27.9 Å². The average molecular weight is 413 g/mol. The van der Waals surface area contributed by atoms with Gasteiger partial charge in [-0.25, -0.2) is 0 Å². The Morgan fingerprint density at radius 2 is 1.76 bits per heavy atom. The Balaban J connectivity index is 1.74. The van der Waals surface area contributed by atoms with Gasteiger partial charge in [0.05, 0.1) is 0 Å². The molecule has 1 aromatic heterocycles. The van der Waals surface area contributed by atoms with Crippen LogP contribution in [-0.2, 0) is 4.79 Å². The Labute approximate surface area is 164 Å². The standard InChI is InChI=1S/C19H22F3N3O4/c20-19(21,22)16(27)18(29)25-13-6-3-1-2-5-12(13)24-17(28)14-9-10-11(23-14)7-4-8-15(10)26/h4,7-9,12-13,16,23,26-27H,1-3,5-6H2,(H,24,28)(H,25,29)/t12-,13-,16-/m1/s1. The van der Waals surface area contributed by atoms with Crippen LogP contribution in [0.25, 0.3) is 10.9 Å². The van der Waals surface area contributed by atoms with Gasteiger partial charge in [-0.1, -0.05) is 25.3 Å². The number of phenolic OH excluding ortho intramolecular Hbond substituents is 1. The fourth-order valence-corrected chi connectivity index (χ4v) is 3.57. The number of halogens is 3. The third kappa shape index (κ3) is 4.81. The lowest BCUT2D eigenvalue weighted by atomic mass is 10.0. The second-order valence-corrected chi connectivity index (χ2v) is 7.20. The molecule has 1 aliphatic rings. The summed E-state index contributed by atoms with van der Waals surface area (Å²) in [6.07, 6.45) is -5.06. The van der Waals surface area contributed by atoms with Gasteiger partial charge in [0.1, 0.15) is 11.4 Å². The summed E-state index contributed by atoms with van der Waals surface area (Å²) in [4.78, 5) is 27.4. The lowest BCUT2D eigenvalue weighted by Crippen LogP contribution is -2.55. The topological polar surface area (TPSA) is 114 Å². The van der Waals surface area contributed by atoms with E-state index in [0.717, 1.165) is 12.8 Å². The van der Waals surface area contributed by atoms with Crippen LogP contribution in [0.5, 0.6) is 5.75 Å². The van der Waals surface area contributed by atoms with Crippen molar-refractivity contribution in [2.45, 2.75) is 56.5 Å². The smallest absolute Gasteiger partial charge is 0.423 e. The summed E-state index contributed by atoms with van der Waals surface area (Å²) in [6.45, 7) is 0. The largest absolute Gasteiger partial charge is 0.507 e. The lowest BCUT2D eigenvalue weighted by molar-refractivity contribution is -0.205. The van der Waals surface area contributed by atoms with Crippen molar-refractivity contribution < 1.29 is 33.0 Å². The zero-order valence-corrected chi connectivity index (χ0v) is 15.4. The number of fused-ring (bicyclic) bond motifs is 1. The Bertz CT molecular complexity index is 896. The van der Waals surface area contributed by atoms with Crippen molar-refractivity contribution in [3.8, 4) is 5.75 Å². The molecule has 0 saturated heterocycles. The average Bonchev–Trinajstić information content (AvgIpc) is 2.99. The number of hydrogen-bond donors (Lipinski definition) is 5. The van der Waals surface area contributed by atoms with Gasteiger partial charge in [0, 0.05) is 23.0 Å². The summed E-state index contributed by atoms with van der Waals surface area (Å²) in [5, 5.41) is 24.5. The van der Waals surface area contributed by atoms with E-state index in [0.29, 0.717) is 30.2 Å². The number of aliphatic hydroxyl groups excluding tert-OH is 1. The highest BCUT2D eigenvalue weighted by Gasteiger charge is 2.44. The Hall–Kier alpha value is -2.75. The second kappa shape index (κ2) is 8.32. The van der Waals surface area contributed by atoms with Crippen LogP contribution in [0.2, 0.25) is 0 Å². The van der Waals surface area contributed by atoms with Crippen molar-refractivity contribution in [2.75, 3.05) is 0 Å². The monoisotopic (exact) mass is 413 g/mol. The molecule has 1 fully saturated rings. The highest BCUT2D eigenvalue weighted by molar-refractivity contribution is 5.99. The molecule has 10 heteroatoms. The molecule has 1 saturated carbocycles. The number of rotatable bonds is 4. The summed E-state index contributed by atoms with van der Waals surface area (Å²) in [6, 6.07) is 4.97. The Morgan fingerprint density at radius 3 is 2.38 bits per heavy atom. The maximum Gasteiger partial charge on any atom is 0.423 e. The number of carbonyl (C=O) groups is 2. The molecule has 3 atom stereocenters. The first-order chi connectivity index (χ1) is 13.7. The van der Waals surface area contributed by atoms with E-state index in [2.05, 4.69) is 15.6 Å². The van der Waals surface area contributed by atoms with Gasteiger partial charge in [0.25, 0.3) is 11.8 Å². The third-order valence-electron chi connectivity index (χ3n) is 5.10. The van der Waals surface area contributed by atoms with E-state index >= 15 is 0 Å². The van der Waals surface area contributed by atoms with Crippen molar-refractivity contribution in [3.05, 3.63) is 30.0 Å². The molecule has 1 heterocycles. The molecule has 0 aliphatic heterocycles. The van der Waals surface area contributed by atoms with Crippen LogP contribution < -0.4 is 10.6 Å². The highest BCUT2D eigenvalue weighted by atomic mass is 19.4. The van der Waals surface area contributed by atoms with Gasteiger partial charge in [0.15, 0.2) is 0 Å². The first-order valence-corrected chi connectivity index (χ1v) is 9.33. The number of amides is 2. The first-order valence-electron chi connectivity index (χ1n) is 9.33. The van der Waals surface area contributed by atoms with E-state index < -0.39 is 36.2 Å². The molecule has 5 N–H and O–H groups in total. The van der Waals surface area contributed by atoms with E-state index in [-0.39, 0.29) is 11.4 Å². The molecule has 0 radical (unpaired) electrons. The summed E-state index contributed by atoms with van der Waals surface area (Å²) >= 11 is 0. The molecule has 0 spiro atoms. The predicted molar refractivity (Wildman–Crippen MR) is 98.3 cm³/mol. The van der Waals surface area contributed by atoms with Crippen molar-refractivity contribution in [2.24, 2.45) is 0 Å². The number of carbonyl (C=O) groups excluding carboxylic acids is 2. The minimum atomic E-state index is -5.06. The van der Waals surface area contributed by atoms with Crippen LogP contribution in [0.15, 0.2) is 24.3 Å². The number of alkyl halides is 3. The quantitative estimate of drug-likeness (QED) is 0.495. The second-order valence-electron chi connectivity index (χ2n) is 7.20. The van der Waals surface area contributed by atoms with Gasteiger partial charge in [0.2, 0.25) is 6.10 Å². The van der Waals surface area contributed by atoms with E-state index in [1.165, 1.54) is 12.1 Å². The molecule has 0 bridgehead atoms. The van der Waals surface area contributed by atoms with Crippen LogP contribution in [0.1, 0.15) is 42.6 Å². The van der Waals surface area contributed by atoms with Crippen LogP contribution in [0.3, 0.4) is 0 Å². The predicted octanol–water partition coefficient (Wildman–Crippen LogP) is 2.34. The van der Waals surface area contributed by atoms with Gasteiger partial charge in [-0.3, -0.25) is 9.59 Å². The van der Waals surface area contributed by atoms with Crippen LogP contribution in [0.4, 0.5) is 13.2 Å². The van der Waals surface area contributed by atoms with Crippen LogP contribution in [-0.4, -0.2) is 51.4 Å². The molecule has 1 aliphatic carbocycles. The zero-order chi connectivity index (χ0) is 21.2. The molecule has 0 unspecified atom stereocenters. The minimum absolute atomic E-state index is 0.0125. The van der Waals surface area contributed by atoms with Crippen molar-refractivity contribution in [3.63, 3.8) is 0 Å². The maximum atomic E-state index is 12.7. The molecule has 1 aromatic carbocycles. The maximum absolute atomic E-state index is 12.7. The van der Waals surface area contributed by atoms with E-state index in [1.807, 2.05) is 0 Å². The number of aromatic nitrogens is 1. The van der Waals surface area contributed by atoms with Crippen LogP contribution in [0, 0.1) is 0 Å². The number of nitrogens with one attached hydrogen (secondary N) is 3. The molecule has 7 nitrogen and oxygen atoms in total. The normalized spacial score (nSPS) is 21.4. The summed E-state index contributed by atoms with van der Waals surface area (Å²) in [5.41, 5.74) is 0.750. The fraction of sp³-hybridized carbons (Fsp3) is 0.474. The zero-order valence-electron chi connectivity index (χ0n) is 15.4. The number of phenols is 1. The molecule has 3 rings (SSSR count). The number of aliphatic hydroxyl groups is 1. The summed E-state index contributed by atoms with van der Waals surface area (Å²) in [7, 11) is 0. The minimum Gasteiger partial charge on any atom is -0.507 e. The lowest BCUT2D eigenvalue weighted by Gasteiger charge is -2.28. The fourth-order valence-electron chi connectivity index (χ4n) is 3.57. The molecule has 158 valence electrons. The SMILES string of the molecule is O=C(N[C@@H]1CCCCC[C@H]1NC(=O)[C@@H](O)C(F)(F)F)c1cc2c(O)cccc2[nH]1. The first kappa shape index (κ1) is 21.0. The van der Waals surface area contributed by atoms with Crippen LogP contribution >= 0.6 is 0 Å². The summed E-state index contributed by atoms with van der Waals surface area (Å²) < 4.78 is 37.8. The van der Waals surface area contributed by atoms with Gasteiger partial charge in [-0.05, 0) is 31.0 Å². The Morgan fingerprint density at radius 1 is 1.10 bits per heavy atom. The number of benzene rings is 1. The van der Waals surface area contributed by atoms with Crippen molar-refractivity contribution in [1.29, 1.82) is 0 Å². The number of aromatic amines is 1. The molecular weight excluding hydrogens is 391 g/mol. The van der Waals surface area contributed by atoms with Gasteiger partial charge in [-0.2, -0.15) is 13.2 Å². The van der Waals surface area contributed by atoms with E-state index in [1.54, 1.807) is 12.1 Å². The molecule has 2 aromatic rings. The van der Waals surface area contributed by atoms with Gasteiger partial charge < -0.3 is 25.8 Å². The summed E-state index contributed by atoms with van der Waals surface area (Å²) in [5.74, 6) is -2.01. The van der Waals surface area contributed by atoms with E-state index in [4.69, 9.17) is 5.11 Å². The third-order valence-corrected chi connectivity index (χ3v) is 5.10. The highest BCUT2D eigenvalue weighted by Crippen LogP contribution is 2.26. The number of aromatic hydroxyl groups is 1. The number of H-pyrrole nitrogens is 1. The molecule has 29 heavy (non-hydrogen) atoms. The number of hydrogen-bond acceptors (Lipinski definition) is 4. The molecule has 2 amide bonds. The van der Waals surface area contributed by atoms with Gasteiger partial charge >= 0.3 is 6.18 Å². The Kier molecular flexibility index (Phi) is 6.02. The van der Waals surface area contributed by atoms with Gasteiger partial charge in [-0.15, -0.1) is 0 Å².